The Kier molecular flexibility index (Phi) is 4.75. The van der Waals surface area contributed by atoms with Gasteiger partial charge < -0.3 is 9.84 Å². The third-order valence-corrected chi connectivity index (χ3v) is 5.34. The summed E-state index contributed by atoms with van der Waals surface area (Å²) in [5, 5.41) is 9.92. The number of fused-ring (bicyclic) bond motifs is 1. The molecule has 2 aliphatic heterocycles. The Morgan fingerprint density at radius 3 is 2.64 bits per heavy atom. The van der Waals surface area contributed by atoms with Crippen LogP contribution in [0.3, 0.4) is 0 Å². The van der Waals surface area contributed by atoms with E-state index in [1.807, 2.05) is 36.4 Å². The number of aliphatic hydroxyl groups is 1. The van der Waals surface area contributed by atoms with Gasteiger partial charge in [0.05, 0.1) is 6.10 Å². The molecule has 0 aromatic heterocycles. The molecule has 0 unspecified atom stereocenters. The molecule has 0 spiro atoms. The van der Waals surface area contributed by atoms with Gasteiger partial charge in [-0.25, -0.2) is 0 Å². The van der Waals surface area contributed by atoms with Crippen LogP contribution in [0.25, 0.3) is 0 Å². The van der Waals surface area contributed by atoms with Crippen molar-refractivity contribution in [2.24, 2.45) is 0 Å². The van der Waals surface area contributed by atoms with Crippen LogP contribution in [-0.2, 0) is 6.54 Å². The quantitative estimate of drug-likeness (QED) is 0.929. The monoisotopic (exact) mass is 338 g/mol. The first-order valence-electron chi connectivity index (χ1n) is 9.15. The molecule has 1 N–H and O–H groups in total. The lowest BCUT2D eigenvalue weighted by Crippen LogP contribution is -2.54. The minimum atomic E-state index is -0.153. The number of piperazine rings is 1. The Balaban J connectivity index is 1.43. The van der Waals surface area contributed by atoms with Gasteiger partial charge in [0.2, 0.25) is 0 Å². The van der Waals surface area contributed by atoms with Crippen LogP contribution in [0.15, 0.2) is 54.6 Å². The summed E-state index contributed by atoms with van der Waals surface area (Å²) in [5.74, 6) is 1.74. The average Bonchev–Trinajstić information content (AvgIpc) is 2.95. The van der Waals surface area contributed by atoms with Crippen molar-refractivity contribution in [2.45, 2.75) is 38.1 Å². The minimum Gasteiger partial charge on any atom is -0.457 e. The summed E-state index contributed by atoms with van der Waals surface area (Å²) in [6.45, 7) is 6.12. The van der Waals surface area contributed by atoms with Gasteiger partial charge in [0.15, 0.2) is 0 Å². The van der Waals surface area contributed by atoms with Crippen LogP contribution in [-0.4, -0.2) is 52.7 Å². The summed E-state index contributed by atoms with van der Waals surface area (Å²) in [4.78, 5) is 4.97. The van der Waals surface area contributed by atoms with E-state index in [-0.39, 0.29) is 6.10 Å². The lowest BCUT2D eigenvalue weighted by Gasteiger charge is -2.42. The van der Waals surface area contributed by atoms with Gasteiger partial charge in [-0.3, -0.25) is 9.80 Å². The summed E-state index contributed by atoms with van der Waals surface area (Å²) in [5.41, 5.74) is 1.27. The highest BCUT2D eigenvalue weighted by Crippen LogP contribution is 2.27. The van der Waals surface area contributed by atoms with Crippen molar-refractivity contribution in [1.82, 2.24) is 9.80 Å². The molecular weight excluding hydrogens is 312 g/mol. The van der Waals surface area contributed by atoms with Gasteiger partial charge in [0, 0.05) is 38.3 Å². The predicted octanol–water partition coefficient (Wildman–Crippen LogP) is 3.12. The van der Waals surface area contributed by atoms with Crippen LogP contribution >= 0.6 is 0 Å². The fourth-order valence-electron chi connectivity index (χ4n) is 4.06. The number of hydrogen-bond acceptors (Lipinski definition) is 4. The van der Waals surface area contributed by atoms with Crippen molar-refractivity contribution in [3.63, 3.8) is 0 Å². The number of aliphatic hydroxyl groups excluding tert-OH is 1. The van der Waals surface area contributed by atoms with Crippen molar-refractivity contribution in [2.75, 3.05) is 19.6 Å². The van der Waals surface area contributed by atoms with Gasteiger partial charge in [-0.2, -0.15) is 0 Å². The topological polar surface area (TPSA) is 35.9 Å². The number of hydrogen-bond donors (Lipinski definition) is 1. The molecule has 25 heavy (non-hydrogen) atoms. The standard InChI is InChI=1S/C21H26N2O2/c1-16-12-23-15-19(24)11-18(23)14-22(16)13-17-6-5-9-21(10-17)25-20-7-3-2-4-8-20/h2-10,16,18-19,24H,11-15H2,1H3/t16-,18+,19-/m1/s1. The van der Waals surface area contributed by atoms with Crippen LogP contribution in [0.2, 0.25) is 0 Å². The zero-order valence-corrected chi connectivity index (χ0v) is 14.7. The fraction of sp³-hybridized carbons (Fsp3) is 0.429. The second-order valence-electron chi connectivity index (χ2n) is 7.34. The van der Waals surface area contributed by atoms with Gasteiger partial charge in [-0.15, -0.1) is 0 Å². The van der Waals surface area contributed by atoms with Gasteiger partial charge >= 0.3 is 0 Å². The second kappa shape index (κ2) is 7.16. The third kappa shape index (κ3) is 3.87. The Morgan fingerprint density at radius 2 is 1.80 bits per heavy atom. The molecule has 4 nitrogen and oxygen atoms in total. The lowest BCUT2D eigenvalue weighted by atomic mass is 10.1. The van der Waals surface area contributed by atoms with Crippen LogP contribution in [0.4, 0.5) is 0 Å². The lowest BCUT2D eigenvalue weighted by molar-refractivity contribution is 0.0528. The maximum absolute atomic E-state index is 9.92. The van der Waals surface area contributed by atoms with Crippen molar-refractivity contribution >= 4 is 0 Å². The third-order valence-electron chi connectivity index (χ3n) is 5.34. The molecule has 2 heterocycles. The van der Waals surface area contributed by atoms with E-state index < -0.39 is 0 Å². The van der Waals surface area contributed by atoms with Crippen molar-refractivity contribution < 1.29 is 9.84 Å². The van der Waals surface area contributed by atoms with Gasteiger partial charge in [-0.1, -0.05) is 30.3 Å². The zero-order valence-electron chi connectivity index (χ0n) is 14.7. The molecule has 3 atom stereocenters. The van der Waals surface area contributed by atoms with E-state index in [2.05, 4.69) is 34.9 Å². The Morgan fingerprint density at radius 1 is 1.00 bits per heavy atom. The van der Waals surface area contributed by atoms with Crippen molar-refractivity contribution in [3.8, 4) is 11.5 Å². The molecule has 2 aromatic rings. The first kappa shape index (κ1) is 16.6. The maximum Gasteiger partial charge on any atom is 0.127 e. The number of nitrogens with zero attached hydrogens (tertiary/aromatic N) is 2. The Hall–Kier alpha value is -1.88. The SMILES string of the molecule is C[C@@H]1CN2C[C@H](O)C[C@H]2CN1Cc1cccc(Oc2ccccc2)c1. The molecule has 132 valence electrons. The van der Waals surface area contributed by atoms with E-state index in [4.69, 9.17) is 4.74 Å². The highest BCUT2D eigenvalue weighted by molar-refractivity contribution is 5.33. The smallest absolute Gasteiger partial charge is 0.127 e. The van der Waals surface area contributed by atoms with Crippen LogP contribution < -0.4 is 4.74 Å². The van der Waals surface area contributed by atoms with E-state index in [1.54, 1.807) is 0 Å². The summed E-state index contributed by atoms with van der Waals surface area (Å²) in [6, 6.07) is 19.3. The number of rotatable bonds is 4. The average molecular weight is 338 g/mol. The molecule has 4 heteroatoms. The molecule has 0 aliphatic carbocycles. The van der Waals surface area contributed by atoms with Crippen LogP contribution in [0, 0.1) is 0 Å². The highest BCUT2D eigenvalue weighted by atomic mass is 16.5. The predicted molar refractivity (Wildman–Crippen MR) is 98.8 cm³/mol. The molecule has 2 aliphatic rings. The normalized spacial score (nSPS) is 27.2. The number of benzene rings is 2. The van der Waals surface area contributed by atoms with E-state index in [1.165, 1.54) is 5.56 Å². The first-order valence-corrected chi connectivity index (χ1v) is 9.15. The summed E-state index contributed by atoms with van der Waals surface area (Å²) in [6.07, 6.45) is 0.750. The maximum atomic E-state index is 9.92. The van der Waals surface area contributed by atoms with Crippen molar-refractivity contribution in [3.05, 3.63) is 60.2 Å². The largest absolute Gasteiger partial charge is 0.457 e. The minimum absolute atomic E-state index is 0.153. The molecule has 0 radical (unpaired) electrons. The Bertz CT molecular complexity index is 706. The van der Waals surface area contributed by atoms with Crippen LogP contribution in [0.5, 0.6) is 11.5 Å². The number of ether oxygens (including phenoxy) is 1. The van der Waals surface area contributed by atoms with E-state index in [9.17, 15) is 5.11 Å². The molecular formula is C21H26N2O2. The first-order chi connectivity index (χ1) is 12.2. The summed E-state index contributed by atoms with van der Waals surface area (Å²) < 4.78 is 5.96. The van der Waals surface area contributed by atoms with Crippen molar-refractivity contribution in [1.29, 1.82) is 0 Å². The highest BCUT2D eigenvalue weighted by Gasteiger charge is 2.37. The van der Waals surface area contributed by atoms with Gasteiger partial charge in [0.1, 0.15) is 11.5 Å². The van der Waals surface area contributed by atoms with Gasteiger partial charge in [-0.05, 0) is 43.2 Å². The molecule has 0 bridgehead atoms. The number of para-hydroxylation sites is 1. The molecule has 2 saturated heterocycles. The Labute approximate surface area is 149 Å². The second-order valence-corrected chi connectivity index (χ2v) is 7.34. The summed E-state index contributed by atoms with van der Waals surface area (Å²) in [7, 11) is 0. The molecule has 4 rings (SSSR count). The van der Waals surface area contributed by atoms with E-state index in [0.29, 0.717) is 12.1 Å². The zero-order chi connectivity index (χ0) is 17.2. The fourth-order valence-corrected chi connectivity index (χ4v) is 4.06. The molecule has 0 amide bonds. The summed E-state index contributed by atoms with van der Waals surface area (Å²) >= 11 is 0. The van der Waals surface area contributed by atoms with Crippen LogP contribution in [0.1, 0.15) is 18.9 Å². The van der Waals surface area contributed by atoms with E-state index >= 15 is 0 Å². The van der Waals surface area contributed by atoms with Gasteiger partial charge in [0.25, 0.3) is 0 Å². The molecule has 0 saturated carbocycles. The van der Waals surface area contributed by atoms with E-state index in [0.717, 1.165) is 44.1 Å². The molecule has 2 aromatic carbocycles. The molecule has 2 fully saturated rings.